The Balaban J connectivity index is 1.95. The highest BCUT2D eigenvalue weighted by molar-refractivity contribution is 5.76. The molecule has 3 atom stereocenters. The SMILES string of the molecule is CCOC(=O)N[C@H]1CCN(C(=O)N(C)[C@@H](C)c2cc(C(F)(F)F)cc(C(F)(F)F)c2)[C@@H](c2ccc(F)cc2C)C1. The van der Waals surface area contributed by atoms with Gasteiger partial charge in [0.1, 0.15) is 5.82 Å². The Morgan fingerprint density at radius 2 is 1.68 bits per heavy atom. The number of benzene rings is 2. The van der Waals surface area contributed by atoms with Gasteiger partial charge in [0.05, 0.1) is 29.8 Å². The van der Waals surface area contributed by atoms with Crippen molar-refractivity contribution in [1.29, 1.82) is 0 Å². The molecule has 1 fully saturated rings. The zero-order valence-corrected chi connectivity index (χ0v) is 22.3. The summed E-state index contributed by atoms with van der Waals surface area (Å²) in [4.78, 5) is 28.2. The van der Waals surface area contributed by atoms with Crippen molar-refractivity contribution >= 4 is 12.1 Å². The molecule has 2 aromatic rings. The molecule has 0 aliphatic carbocycles. The zero-order chi connectivity index (χ0) is 30.0. The minimum Gasteiger partial charge on any atom is -0.450 e. The second-order valence-corrected chi connectivity index (χ2v) is 9.70. The minimum absolute atomic E-state index is 0.0344. The highest BCUT2D eigenvalue weighted by Gasteiger charge is 2.39. The molecule has 1 aliphatic rings. The number of urea groups is 1. The molecular weight excluding hydrogens is 547 g/mol. The van der Waals surface area contributed by atoms with Crippen molar-refractivity contribution in [2.75, 3.05) is 20.2 Å². The first-order valence-electron chi connectivity index (χ1n) is 12.5. The number of alkyl halides is 6. The largest absolute Gasteiger partial charge is 0.450 e. The van der Waals surface area contributed by atoms with E-state index in [-0.39, 0.29) is 31.2 Å². The number of hydrogen-bond acceptors (Lipinski definition) is 3. The van der Waals surface area contributed by atoms with Gasteiger partial charge in [-0.2, -0.15) is 26.3 Å². The Labute approximate surface area is 227 Å². The summed E-state index contributed by atoms with van der Waals surface area (Å²) in [7, 11) is 1.29. The number of nitrogens with one attached hydrogen (secondary N) is 1. The van der Waals surface area contributed by atoms with Crippen LogP contribution < -0.4 is 5.32 Å². The molecule has 1 saturated heterocycles. The predicted molar refractivity (Wildman–Crippen MR) is 132 cm³/mol. The van der Waals surface area contributed by atoms with E-state index in [9.17, 15) is 40.3 Å². The molecular formula is C27H30F7N3O3. The number of hydrogen-bond donors (Lipinski definition) is 1. The number of aryl methyl sites for hydroxylation is 1. The summed E-state index contributed by atoms with van der Waals surface area (Å²) in [6, 6.07) is 2.36. The predicted octanol–water partition coefficient (Wildman–Crippen LogP) is 7.24. The molecule has 0 saturated carbocycles. The summed E-state index contributed by atoms with van der Waals surface area (Å²) in [5.74, 6) is -0.494. The van der Waals surface area contributed by atoms with E-state index in [1.54, 1.807) is 13.8 Å². The number of amides is 3. The molecule has 1 heterocycles. The Hall–Kier alpha value is -3.51. The summed E-state index contributed by atoms with van der Waals surface area (Å²) < 4.78 is 99.2. The quantitative estimate of drug-likeness (QED) is 0.382. The van der Waals surface area contributed by atoms with E-state index in [1.807, 2.05) is 0 Å². The molecule has 0 spiro atoms. The highest BCUT2D eigenvalue weighted by Crippen LogP contribution is 2.39. The molecule has 6 nitrogen and oxygen atoms in total. The van der Waals surface area contributed by atoms with E-state index in [4.69, 9.17) is 4.74 Å². The van der Waals surface area contributed by atoms with Crippen molar-refractivity contribution in [3.63, 3.8) is 0 Å². The number of piperidine rings is 1. The molecule has 3 rings (SSSR count). The van der Waals surface area contributed by atoms with Crippen LogP contribution in [0.4, 0.5) is 40.3 Å². The van der Waals surface area contributed by atoms with Gasteiger partial charge in [-0.05, 0) is 80.6 Å². The normalized spacial score (nSPS) is 18.7. The first kappa shape index (κ1) is 31.0. The third kappa shape index (κ3) is 7.16. The number of likely N-dealkylation sites (tertiary alicyclic amines) is 1. The molecule has 3 amide bonds. The Bertz CT molecular complexity index is 1200. The third-order valence-electron chi connectivity index (χ3n) is 7.01. The lowest BCUT2D eigenvalue weighted by atomic mass is 9.89. The summed E-state index contributed by atoms with van der Waals surface area (Å²) in [5, 5.41) is 2.73. The van der Waals surface area contributed by atoms with Crippen LogP contribution in [0.3, 0.4) is 0 Å². The molecule has 0 unspecified atom stereocenters. The van der Waals surface area contributed by atoms with Crippen LogP contribution >= 0.6 is 0 Å². The topological polar surface area (TPSA) is 61.9 Å². The monoisotopic (exact) mass is 577 g/mol. The molecule has 1 aliphatic heterocycles. The number of carbonyl (C=O) groups excluding carboxylic acids is 2. The molecule has 220 valence electrons. The van der Waals surface area contributed by atoms with Gasteiger partial charge in [0.15, 0.2) is 0 Å². The molecule has 1 N–H and O–H groups in total. The number of ether oxygens (including phenoxy) is 1. The average Bonchev–Trinajstić information content (AvgIpc) is 2.86. The van der Waals surface area contributed by atoms with Gasteiger partial charge in [-0.1, -0.05) is 6.07 Å². The summed E-state index contributed by atoms with van der Waals surface area (Å²) in [6.07, 6.45) is -10.2. The van der Waals surface area contributed by atoms with Crippen LogP contribution in [-0.2, 0) is 17.1 Å². The summed E-state index contributed by atoms with van der Waals surface area (Å²) in [5.41, 5.74) is -2.18. The van der Waals surface area contributed by atoms with Crippen LogP contribution in [0.1, 0.15) is 66.6 Å². The number of carbonyl (C=O) groups is 2. The van der Waals surface area contributed by atoms with Gasteiger partial charge in [-0.25, -0.2) is 14.0 Å². The first-order valence-corrected chi connectivity index (χ1v) is 12.5. The smallest absolute Gasteiger partial charge is 0.416 e. The van der Waals surface area contributed by atoms with Gasteiger partial charge in [-0.15, -0.1) is 0 Å². The number of rotatable bonds is 5. The maximum absolute atomic E-state index is 13.8. The van der Waals surface area contributed by atoms with Crippen LogP contribution in [0.2, 0.25) is 0 Å². The van der Waals surface area contributed by atoms with E-state index in [0.717, 1.165) is 4.90 Å². The molecule has 2 aromatic carbocycles. The minimum atomic E-state index is -5.03. The average molecular weight is 578 g/mol. The fourth-order valence-corrected chi connectivity index (χ4v) is 4.78. The molecule has 0 radical (unpaired) electrons. The lowest BCUT2D eigenvalue weighted by Gasteiger charge is -2.43. The van der Waals surface area contributed by atoms with Crippen molar-refractivity contribution in [3.05, 3.63) is 70.0 Å². The van der Waals surface area contributed by atoms with Gasteiger partial charge >= 0.3 is 24.5 Å². The molecule has 13 heteroatoms. The third-order valence-corrected chi connectivity index (χ3v) is 7.01. The summed E-state index contributed by atoms with van der Waals surface area (Å²) in [6.45, 7) is 4.88. The molecule has 0 aromatic heterocycles. The van der Waals surface area contributed by atoms with E-state index < -0.39 is 59.5 Å². The van der Waals surface area contributed by atoms with E-state index in [2.05, 4.69) is 5.32 Å². The van der Waals surface area contributed by atoms with Gasteiger partial charge in [0.25, 0.3) is 0 Å². The Morgan fingerprint density at radius 3 is 2.20 bits per heavy atom. The van der Waals surface area contributed by atoms with E-state index in [0.29, 0.717) is 29.7 Å². The van der Waals surface area contributed by atoms with Crippen LogP contribution in [0.25, 0.3) is 0 Å². The van der Waals surface area contributed by atoms with Gasteiger partial charge in [0, 0.05) is 19.6 Å². The van der Waals surface area contributed by atoms with Crippen molar-refractivity contribution in [1.82, 2.24) is 15.1 Å². The van der Waals surface area contributed by atoms with Crippen LogP contribution in [0.15, 0.2) is 36.4 Å². The van der Waals surface area contributed by atoms with Crippen molar-refractivity contribution in [3.8, 4) is 0 Å². The summed E-state index contributed by atoms with van der Waals surface area (Å²) >= 11 is 0. The van der Waals surface area contributed by atoms with E-state index in [1.165, 1.54) is 37.1 Å². The van der Waals surface area contributed by atoms with Gasteiger partial charge in [0.2, 0.25) is 0 Å². The lowest BCUT2D eigenvalue weighted by Crippen LogP contribution is -2.51. The zero-order valence-electron chi connectivity index (χ0n) is 22.3. The van der Waals surface area contributed by atoms with Crippen LogP contribution in [-0.4, -0.2) is 48.2 Å². The van der Waals surface area contributed by atoms with Crippen molar-refractivity contribution in [2.24, 2.45) is 0 Å². The second-order valence-electron chi connectivity index (χ2n) is 9.70. The van der Waals surface area contributed by atoms with Gasteiger partial charge < -0.3 is 19.9 Å². The second kappa shape index (κ2) is 11.9. The lowest BCUT2D eigenvalue weighted by molar-refractivity contribution is -0.143. The fraction of sp³-hybridized carbons (Fsp3) is 0.481. The first-order chi connectivity index (χ1) is 18.5. The molecule has 40 heavy (non-hydrogen) atoms. The van der Waals surface area contributed by atoms with Crippen LogP contribution in [0, 0.1) is 12.7 Å². The van der Waals surface area contributed by atoms with Gasteiger partial charge in [-0.3, -0.25) is 0 Å². The van der Waals surface area contributed by atoms with E-state index >= 15 is 0 Å². The van der Waals surface area contributed by atoms with Crippen LogP contribution in [0.5, 0.6) is 0 Å². The number of nitrogens with zero attached hydrogens (tertiary/aromatic N) is 2. The Morgan fingerprint density at radius 1 is 1.07 bits per heavy atom. The standard InChI is InChI=1S/C27H30F7N3O3/c1-5-40-24(38)35-21-8-9-37(23(14-21)22-7-6-20(28)10-15(22)2)25(39)36(4)16(3)17-11-18(26(29,30)31)13-19(12-17)27(32,33)34/h6-7,10-13,16,21,23H,5,8-9,14H2,1-4H3,(H,35,38)/t16-,21-,23+/m0/s1. The maximum atomic E-state index is 13.8. The fourth-order valence-electron chi connectivity index (χ4n) is 4.78. The highest BCUT2D eigenvalue weighted by atomic mass is 19.4. The Kier molecular flexibility index (Phi) is 9.25. The maximum Gasteiger partial charge on any atom is 0.416 e. The van der Waals surface area contributed by atoms with Crippen molar-refractivity contribution in [2.45, 2.75) is 64.1 Å². The number of alkyl carbamates (subject to hydrolysis) is 1. The number of halogens is 7. The van der Waals surface area contributed by atoms with Crippen molar-refractivity contribution < 1.29 is 45.1 Å². The molecule has 0 bridgehead atoms.